The molecule has 1 aliphatic heterocycles. The fourth-order valence-electron chi connectivity index (χ4n) is 1.68. The number of likely N-dealkylation sites (tertiary alicyclic amines) is 1. The molecule has 2 fully saturated rings. The molecule has 1 aliphatic carbocycles. The highest BCUT2D eigenvalue weighted by Gasteiger charge is 2.31. The molecule has 1 saturated carbocycles. The third kappa shape index (κ3) is 1.32. The van der Waals surface area contributed by atoms with Gasteiger partial charge in [0.15, 0.2) is 0 Å². The van der Waals surface area contributed by atoms with Crippen LogP contribution in [0.4, 0.5) is 0 Å². The molecule has 2 rings (SSSR count). The summed E-state index contributed by atoms with van der Waals surface area (Å²) in [7, 11) is 0. The zero-order chi connectivity index (χ0) is 6.97. The predicted octanol–water partition coefficient (Wildman–Crippen LogP) is 1.04. The Bertz CT molecular complexity index is 114. The van der Waals surface area contributed by atoms with E-state index in [-0.39, 0.29) is 6.10 Å². The van der Waals surface area contributed by atoms with Gasteiger partial charge in [-0.05, 0) is 25.7 Å². The van der Waals surface area contributed by atoms with Crippen molar-refractivity contribution in [2.75, 3.05) is 13.1 Å². The maximum atomic E-state index is 10.9. The van der Waals surface area contributed by atoms with Gasteiger partial charge in [0.1, 0.15) is 0 Å². The lowest BCUT2D eigenvalue weighted by atomic mass is 10.1. The van der Waals surface area contributed by atoms with E-state index in [4.69, 9.17) is 0 Å². The molecule has 2 heteroatoms. The SMILES string of the molecule is [O]C1CCN(C2CC2)CC1. The summed E-state index contributed by atoms with van der Waals surface area (Å²) in [4.78, 5) is 2.48. The molecule has 0 bridgehead atoms. The lowest BCUT2D eigenvalue weighted by Gasteiger charge is -2.28. The quantitative estimate of drug-likeness (QED) is 0.533. The summed E-state index contributed by atoms with van der Waals surface area (Å²) in [6.45, 7) is 2.14. The summed E-state index contributed by atoms with van der Waals surface area (Å²) in [5, 5.41) is 10.9. The van der Waals surface area contributed by atoms with E-state index < -0.39 is 0 Å². The van der Waals surface area contributed by atoms with Crippen LogP contribution in [0.3, 0.4) is 0 Å². The van der Waals surface area contributed by atoms with E-state index >= 15 is 0 Å². The van der Waals surface area contributed by atoms with Crippen LogP contribution in [-0.4, -0.2) is 30.1 Å². The van der Waals surface area contributed by atoms with Crippen LogP contribution < -0.4 is 0 Å². The minimum absolute atomic E-state index is 0.255. The second kappa shape index (κ2) is 2.51. The van der Waals surface area contributed by atoms with Crippen molar-refractivity contribution >= 4 is 0 Å². The number of hydrogen-bond donors (Lipinski definition) is 0. The summed E-state index contributed by atoms with van der Waals surface area (Å²) in [5.74, 6) is 0. The molecule has 2 aliphatic rings. The van der Waals surface area contributed by atoms with Gasteiger partial charge in [0.25, 0.3) is 0 Å². The third-order valence-corrected chi connectivity index (χ3v) is 2.54. The lowest BCUT2D eigenvalue weighted by molar-refractivity contribution is 0.0256. The first-order valence-electron chi connectivity index (χ1n) is 4.26. The molecule has 0 atom stereocenters. The summed E-state index contributed by atoms with van der Waals surface area (Å²) < 4.78 is 0. The van der Waals surface area contributed by atoms with Crippen LogP contribution in [0, 0.1) is 0 Å². The minimum Gasteiger partial charge on any atom is -0.300 e. The Morgan fingerprint density at radius 2 is 1.60 bits per heavy atom. The van der Waals surface area contributed by atoms with Crippen molar-refractivity contribution in [3.63, 3.8) is 0 Å². The Balaban J connectivity index is 1.79. The lowest BCUT2D eigenvalue weighted by Crippen LogP contribution is -2.36. The molecule has 0 aromatic rings. The van der Waals surface area contributed by atoms with Crippen LogP contribution in [0.2, 0.25) is 0 Å². The zero-order valence-corrected chi connectivity index (χ0v) is 6.25. The Morgan fingerprint density at radius 1 is 1.00 bits per heavy atom. The number of hydrogen-bond acceptors (Lipinski definition) is 1. The van der Waals surface area contributed by atoms with Gasteiger partial charge < -0.3 is 4.90 Å². The van der Waals surface area contributed by atoms with Crippen molar-refractivity contribution in [2.45, 2.75) is 37.8 Å². The molecule has 0 N–H and O–H groups in total. The molecule has 57 valence electrons. The predicted molar refractivity (Wildman–Crippen MR) is 38.3 cm³/mol. The van der Waals surface area contributed by atoms with Gasteiger partial charge in [-0.3, -0.25) is 0 Å². The van der Waals surface area contributed by atoms with E-state index in [9.17, 15) is 5.11 Å². The second-order valence-corrected chi connectivity index (χ2v) is 3.47. The van der Waals surface area contributed by atoms with Gasteiger partial charge in [0.05, 0.1) is 6.10 Å². The average Bonchev–Trinajstić information content (AvgIpc) is 2.71. The van der Waals surface area contributed by atoms with Crippen molar-refractivity contribution in [1.82, 2.24) is 4.90 Å². The number of nitrogens with zero attached hydrogens (tertiary/aromatic N) is 1. The van der Waals surface area contributed by atoms with Crippen molar-refractivity contribution in [3.8, 4) is 0 Å². The van der Waals surface area contributed by atoms with Crippen LogP contribution in [0.5, 0.6) is 0 Å². The number of rotatable bonds is 1. The van der Waals surface area contributed by atoms with Gasteiger partial charge in [-0.25, -0.2) is 5.11 Å². The van der Waals surface area contributed by atoms with Gasteiger partial charge in [-0.2, -0.15) is 0 Å². The van der Waals surface area contributed by atoms with Gasteiger partial charge >= 0.3 is 0 Å². The zero-order valence-electron chi connectivity index (χ0n) is 6.25. The van der Waals surface area contributed by atoms with E-state index in [1.54, 1.807) is 0 Å². The van der Waals surface area contributed by atoms with Crippen LogP contribution >= 0.6 is 0 Å². The maximum absolute atomic E-state index is 10.9. The van der Waals surface area contributed by atoms with Crippen LogP contribution in [0.1, 0.15) is 25.7 Å². The molecule has 0 spiro atoms. The maximum Gasteiger partial charge on any atom is 0.0954 e. The molecule has 0 aromatic carbocycles. The largest absolute Gasteiger partial charge is 0.300 e. The molecule has 1 radical (unpaired) electrons. The molecular formula is C8H14NO. The molecule has 10 heavy (non-hydrogen) atoms. The topological polar surface area (TPSA) is 23.1 Å². The molecule has 1 saturated heterocycles. The van der Waals surface area contributed by atoms with Crippen molar-refractivity contribution in [2.24, 2.45) is 0 Å². The van der Waals surface area contributed by atoms with Crippen LogP contribution in [0.25, 0.3) is 0 Å². The van der Waals surface area contributed by atoms with Crippen LogP contribution in [0.15, 0.2) is 0 Å². The van der Waals surface area contributed by atoms with Gasteiger partial charge in [0, 0.05) is 19.1 Å². The summed E-state index contributed by atoms with van der Waals surface area (Å²) in [6, 6.07) is 0.868. The molecule has 1 heterocycles. The average molecular weight is 140 g/mol. The highest BCUT2D eigenvalue weighted by atomic mass is 16.3. The third-order valence-electron chi connectivity index (χ3n) is 2.54. The smallest absolute Gasteiger partial charge is 0.0954 e. The second-order valence-electron chi connectivity index (χ2n) is 3.47. The van der Waals surface area contributed by atoms with E-state index in [0.29, 0.717) is 0 Å². The first-order valence-corrected chi connectivity index (χ1v) is 4.26. The first kappa shape index (κ1) is 6.62. The molecule has 0 aromatic heterocycles. The highest BCUT2D eigenvalue weighted by Crippen LogP contribution is 2.29. The Hall–Kier alpha value is -0.0800. The van der Waals surface area contributed by atoms with Crippen molar-refractivity contribution in [3.05, 3.63) is 0 Å². The molecule has 0 unspecified atom stereocenters. The van der Waals surface area contributed by atoms with Gasteiger partial charge in [-0.15, -0.1) is 0 Å². The Morgan fingerprint density at radius 3 is 2.10 bits per heavy atom. The van der Waals surface area contributed by atoms with Crippen LogP contribution in [-0.2, 0) is 5.11 Å². The first-order chi connectivity index (χ1) is 4.86. The Kier molecular flexibility index (Phi) is 1.66. The fourth-order valence-corrected chi connectivity index (χ4v) is 1.68. The van der Waals surface area contributed by atoms with Crippen molar-refractivity contribution in [1.29, 1.82) is 0 Å². The molecule has 0 amide bonds. The fraction of sp³-hybridized carbons (Fsp3) is 1.00. The van der Waals surface area contributed by atoms with Gasteiger partial charge in [-0.1, -0.05) is 0 Å². The monoisotopic (exact) mass is 140 g/mol. The van der Waals surface area contributed by atoms with Gasteiger partial charge in [0.2, 0.25) is 0 Å². The summed E-state index contributed by atoms with van der Waals surface area (Å²) in [5.41, 5.74) is 0. The highest BCUT2D eigenvalue weighted by molar-refractivity contribution is 4.87. The standard InChI is InChI=1S/C8H14NO/c10-8-3-5-9(6-4-8)7-1-2-7/h7-8H,1-6H2. The van der Waals surface area contributed by atoms with E-state index in [0.717, 1.165) is 32.0 Å². The summed E-state index contributed by atoms with van der Waals surface area (Å²) in [6.07, 6.45) is 4.27. The van der Waals surface area contributed by atoms with E-state index in [2.05, 4.69) is 4.90 Å². The molecule has 2 nitrogen and oxygen atoms in total. The normalized spacial score (nSPS) is 30.9. The summed E-state index contributed by atoms with van der Waals surface area (Å²) >= 11 is 0. The van der Waals surface area contributed by atoms with Crippen molar-refractivity contribution < 1.29 is 5.11 Å². The molecular weight excluding hydrogens is 126 g/mol. The number of piperidine rings is 1. The van der Waals surface area contributed by atoms with E-state index in [1.807, 2.05) is 0 Å². The Labute approximate surface area is 61.8 Å². The van der Waals surface area contributed by atoms with E-state index in [1.165, 1.54) is 12.8 Å². The minimum atomic E-state index is -0.255.